The summed E-state index contributed by atoms with van der Waals surface area (Å²) in [5, 5.41) is 8.89. The van der Waals surface area contributed by atoms with Crippen molar-refractivity contribution in [1.29, 1.82) is 0 Å². The highest BCUT2D eigenvalue weighted by atomic mass is 32.2. The second-order valence-electron chi connectivity index (χ2n) is 7.69. The van der Waals surface area contributed by atoms with Crippen LogP contribution in [0.3, 0.4) is 0 Å². The van der Waals surface area contributed by atoms with Gasteiger partial charge in [0.2, 0.25) is 0 Å². The fourth-order valence-electron chi connectivity index (χ4n) is 3.90. The van der Waals surface area contributed by atoms with Gasteiger partial charge in [-0.15, -0.1) is 0 Å². The summed E-state index contributed by atoms with van der Waals surface area (Å²) in [6.45, 7) is 7.40. The molecular formula is C21H23N7O2S. The summed E-state index contributed by atoms with van der Waals surface area (Å²) < 4.78 is 26.6. The molecule has 0 saturated carbocycles. The van der Waals surface area contributed by atoms with Gasteiger partial charge in [0, 0.05) is 37.3 Å². The minimum atomic E-state index is -3.65. The molecule has 3 heterocycles. The second-order valence-corrected chi connectivity index (χ2v) is 9.32. The average molecular weight is 438 g/mol. The average Bonchev–Trinajstić information content (AvgIpc) is 3.38. The SMILES string of the molecule is C=CS(=O)(=O)Nc1cccc2[nH]nc(-c3nc4ccc(N5CCN(C)CC5)cc4[nH]3)c12. The fourth-order valence-corrected chi connectivity index (χ4v) is 4.46. The summed E-state index contributed by atoms with van der Waals surface area (Å²) in [5.74, 6) is 0.571. The van der Waals surface area contributed by atoms with Gasteiger partial charge in [0.25, 0.3) is 10.0 Å². The van der Waals surface area contributed by atoms with Crippen molar-refractivity contribution >= 4 is 43.3 Å². The first-order valence-electron chi connectivity index (χ1n) is 9.99. The highest BCUT2D eigenvalue weighted by molar-refractivity contribution is 7.95. The Hall–Kier alpha value is -3.37. The Labute approximate surface area is 179 Å². The van der Waals surface area contributed by atoms with Crippen molar-refractivity contribution in [2.24, 2.45) is 0 Å². The second kappa shape index (κ2) is 7.40. The van der Waals surface area contributed by atoms with Crippen molar-refractivity contribution < 1.29 is 8.42 Å². The third kappa shape index (κ3) is 3.64. The van der Waals surface area contributed by atoms with Crippen LogP contribution in [0.5, 0.6) is 0 Å². The number of likely N-dealkylation sites (N-methyl/N-ethyl adjacent to an activating group) is 1. The molecule has 0 spiro atoms. The summed E-state index contributed by atoms with van der Waals surface area (Å²) in [7, 11) is -1.52. The van der Waals surface area contributed by atoms with Crippen LogP contribution in [0.15, 0.2) is 48.4 Å². The number of aromatic nitrogens is 4. The van der Waals surface area contributed by atoms with E-state index in [9.17, 15) is 8.42 Å². The molecule has 0 aliphatic carbocycles. The van der Waals surface area contributed by atoms with Crippen LogP contribution >= 0.6 is 0 Å². The molecule has 1 aliphatic rings. The standard InChI is InChI=1S/C21H23N7O2S/c1-3-31(29,30)26-17-6-4-5-16-19(17)20(25-24-16)21-22-15-8-7-14(13-18(15)23-21)28-11-9-27(2)10-12-28/h3-8,13,26H,1,9-12H2,2H3,(H,22,23)(H,24,25). The Morgan fingerprint density at radius 3 is 2.71 bits per heavy atom. The summed E-state index contributed by atoms with van der Waals surface area (Å²) in [6, 6.07) is 11.5. The fraction of sp³-hybridized carbons (Fsp3) is 0.238. The Bertz CT molecular complexity index is 1380. The predicted octanol–water partition coefficient (Wildman–Crippen LogP) is 2.74. The summed E-state index contributed by atoms with van der Waals surface area (Å²) in [6.07, 6.45) is 0. The van der Waals surface area contributed by atoms with Crippen molar-refractivity contribution in [3.63, 3.8) is 0 Å². The molecule has 160 valence electrons. The van der Waals surface area contributed by atoms with E-state index in [1.807, 2.05) is 12.1 Å². The number of benzene rings is 2. The van der Waals surface area contributed by atoms with Crippen LogP contribution < -0.4 is 9.62 Å². The lowest BCUT2D eigenvalue weighted by atomic mass is 10.1. The highest BCUT2D eigenvalue weighted by Crippen LogP contribution is 2.33. The van der Waals surface area contributed by atoms with Crippen LogP contribution in [0.4, 0.5) is 11.4 Å². The number of sulfonamides is 1. The zero-order valence-electron chi connectivity index (χ0n) is 17.1. The molecule has 0 radical (unpaired) electrons. The Morgan fingerprint density at radius 2 is 1.94 bits per heavy atom. The van der Waals surface area contributed by atoms with Crippen LogP contribution in [0, 0.1) is 0 Å². The Morgan fingerprint density at radius 1 is 1.13 bits per heavy atom. The molecule has 1 fully saturated rings. The number of rotatable bonds is 5. The number of fused-ring (bicyclic) bond motifs is 2. The van der Waals surface area contributed by atoms with Crippen LogP contribution in [0.25, 0.3) is 33.5 Å². The van der Waals surface area contributed by atoms with E-state index >= 15 is 0 Å². The minimum absolute atomic E-state index is 0.416. The minimum Gasteiger partial charge on any atom is -0.369 e. The van der Waals surface area contributed by atoms with Crippen LogP contribution in [0.2, 0.25) is 0 Å². The smallest absolute Gasteiger partial charge is 0.254 e. The summed E-state index contributed by atoms with van der Waals surface area (Å²) in [4.78, 5) is 12.7. The molecule has 5 rings (SSSR count). The highest BCUT2D eigenvalue weighted by Gasteiger charge is 2.19. The lowest BCUT2D eigenvalue weighted by molar-refractivity contribution is 0.313. The zero-order chi connectivity index (χ0) is 21.6. The van der Waals surface area contributed by atoms with Crippen molar-refractivity contribution in [3.05, 3.63) is 48.4 Å². The molecule has 0 bridgehead atoms. The predicted molar refractivity (Wildman–Crippen MR) is 124 cm³/mol. The number of aromatic amines is 2. The Balaban J connectivity index is 1.56. The van der Waals surface area contributed by atoms with Gasteiger partial charge in [-0.1, -0.05) is 12.6 Å². The van der Waals surface area contributed by atoms with E-state index in [2.05, 4.69) is 55.5 Å². The first-order valence-corrected chi connectivity index (χ1v) is 11.5. The quantitative estimate of drug-likeness (QED) is 0.443. The monoisotopic (exact) mass is 437 g/mol. The summed E-state index contributed by atoms with van der Waals surface area (Å²) >= 11 is 0. The van der Waals surface area contributed by atoms with Gasteiger partial charge in [0.05, 0.1) is 27.6 Å². The largest absolute Gasteiger partial charge is 0.369 e. The Kier molecular flexibility index (Phi) is 4.67. The van der Waals surface area contributed by atoms with Gasteiger partial charge in [-0.2, -0.15) is 5.10 Å². The molecule has 0 unspecified atom stereocenters. The lowest BCUT2D eigenvalue weighted by Gasteiger charge is -2.34. The molecule has 1 aliphatic heterocycles. The van der Waals surface area contributed by atoms with Crippen LogP contribution in [0.1, 0.15) is 0 Å². The first-order chi connectivity index (χ1) is 14.9. The molecule has 10 heteroatoms. The number of nitrogens with zero attached hydrogens (tertiary/aromatic N) is 4. The normalized spacial score (nSPS) is 15.6. The van der Waals surface area contributed by atoms with Gasteiger partial charge < -0.3 is 14.8 Å². The van der Waals surface area contributed by atoms with Crippen molar-refractivity contribution in [2.75, 3.05) is 42.8 Å². The van der Waals surface area contributed by atoms with Gasteiger partial charge >= 0.3 is 0 Å². The third-order valence-corrected chi connectivity index (χ3v) is 6.56. The van der Waals surface area contributed by atoms with E-state index < -0.39 is 10.0 Å². The van der Waals surface area contributed by atoms with Crippen molar-refractivity contribution in [1.82, 2.24) is 25.1 Å². The summed E-state index contributed by atoms with van der Waals surface area (Å²) in [5.41, 5.74) is 4.56. The maximum atomic E-state index is 12.0. The molecule has 9 nitrogen and oxygen atoms in total. The zero-order valence-corrected chi connectivity index (χ0v) is 17.9. The van der Waals surface area contributed by atoms with Crippen LogP contribution in [-0.2, 0) is 10.0 Å². The molecule has 1 saturated heterocycles. The topological polar surface area (TPSA) is 110 Å². The maximum absolute atomic E-state index is 12.0. The van der Waals surface area contributed by atoms with Crippen LogP contribution in [-0.4, -0.2) is 66.7 Å². The molecule has 3 N–H and O–H groups in total. The lowest BCUT2D eigenvalue weighted by Crippen LogP contribution is -2.44. The van der Waals surface area contributed by atoms with E-state index in [4.69, 9.17) is 4.98 Å². The number of H-pyrrole nitrogens is 2. The molecular weight excluding hydrogens is 414 g/mol. The van der Waals surface area contributed by atoms with E-state index in [-0.39, 0.29) is 0 Å². The van der Waals surface area contributed by atoms with E-state index in [0.29, 0.717) is 28.1 Å². The molecule has 31 heavy (non-hydrogen) atoms. The third-order valence-electron chi connectivity index (χ3n) is 5.62. The number of hydrogen-bond donors (Lipinski definition) is 3. The molecule has 2 aromatic carbocycles. The molecule has 0 amide bonds. The first kappa shape index (κ1) is 19.6. The van der Waals surface area contributed by atoms with Gasteiger partial charge in [0.15, 0.2) is 5.82 Å². The van der Waals surface area contributed by atoms with Crippen molar-refractivity contribution in [3.8, 4) is 11.5 Å². The maximum Gasteiger partial charge on any atom is 0.254 e. The number of hydrogen-bond acceptors (Lipinski definition) is 6. The van der Waals surface area contributed by atoms with E-state index in [1.54, 1.807) is 12.1 Å². The van der Waals surface area contributed by atoms with Gasteiger partial charge in [-0.25, -0.2) is 13.4 Å². The van der Waals surface area contributed by atoms with Gasteiger partial charge in [0.1, 0.15) is 5.69 Å². The molecule has 4 aromatic rings. The molecule has 0 atom stereocenters. The number of imidazole rings is 1. The van der Waals surface area contributed by atoms with E-state index in [1.165, 1.54) is 0 Å². The number of piperazine rings is 1. The van der Waals surface area contributed by atoms with Crippen molar-refractivity contribution in [2.45, 2.75) is 0 Å². The van der Waals surface area contributed by atoms with Gasteiger partial charge in [-0.3, -0.25) is 9.82 Å². The molecule has 2 aromatic heterocycles. The number of nitrogens with one attached hydrogen (secondary N) is 3. The van der Waals surface area contributed by atoms with Gasteiger partial charge in [-0.05, 0) is 37.4 Å². The van der Waals surface area contributed by atoms with E-state index in [0.717, 1.165) is 48.3 Å². The number of anilines is 2.